The van der Waals surface area contributed by atoms with Gasteiger partial charge in [0.25, 0.3) is 0 Å². The summed E-state index contributed by atoms with van der Waals surface area (Å²) in [5.74, 6) is 0.384. The maximum absolute atomic E-state index is 13.2. The van der Waals surface area contributed by atoms with Crippen molar-refractivity contribution in [3.8, 4) is 0 Å². The van der Waals surface area contributed by atoms with Gasteiger partial charge in [0.2, 0.25) is 0 Å². The van der Waals surface area contributed by atoms with Crippen LogP contribution < -0.4 is 5.30 Å². The van der Waals surface area contributed by atoms with Gasteiger partial charge in [0.05, 0.1) is 16.7 Å². The third-order valence-corrected chi connectivity index (χ3v) is 5.92. The summed E-state index contributed by atoms with van der Waals surface area (Å²) in [5.41, 5.74) is -7.27. The largest absolute Gasteiger partial charge is 0.417 e. The summed E-state index contributed by atoms with van der Waals surface area (Å²) < 4.78 is 118. The standard InChI is InChI=1S/C18H18F9P/c1-10-4-2-3-5-11(7-6-10)28-12-8-13(16(19,20)21)15(18(25,26)27)14(9-12)17(22,23)24/h8-10H,2-7H2,1H3. The summed E-state index contributed by atoms with van der Waals surface area (Å²) in [6, 6.07) is 0.406. The Morgan fingerprint density at radius 2 is 1.29 bits per heavy atom. The van der Waals surface area contributed by atoms with Crippen LogP contribution in [0.25, 0.3) is 0 Å². The van der Waals surface area contributed by atoms with Crippen LogP contribution >= 0.6 is 8.20 Å². The number of hydrogen-bond acceptors (Lipinski definition) is 0. The Balaban J connectivity index is 2.65. The predicted octanol–water partition coefficient (Wildman–Crippen LogP) is 7.48. The zero-order chi connectivity index (χ0) is 21.3. The topological polar surface area (TPSA) is 0 Å². The summed E-state index contributed by atoms with van der Waals surface area (Å²) in [5, 5.41) is 0.323. The van der Waals surface area contributed by atoms with Crippen molar-refractivity contribution in [3.05, 3.63) is 28.8 Å². The van der Waals surface area contributed by atoms with E-state index in [0.29, 0.717) is 18.8 Å². The highest BCUT2D eigenvalue weighted by Gasteiger charge is 2.50. The highest BCUT2D eigenvalue weighted by atomic mass is 31.1. The molecule has 0 spiro atoms. The van der Waals surface area contributed by atoms with E-state index >= 15 is 0 Å². The molecular formula is C18H18F9P. The molecule has 0 radical (unpaired) electrons. The van der Waals surface area contributed by atoms with Gasteiger partial charge in [0.15, 0.2) is 0 Å². The van der Waals surface area contributed by atoms with E-state index in [2.05, 4.69) is 0 Å². The second-order valence-corrected chi connectivity index (χ2v) is 8.35. The molecule has 1 unspecified atom stereocenters. The van der Waals surface area contributed by atoms with Gasteiger partial charge >= 0.3 is 18.5 Å². The molecule has 1 saturated carbocycles. The molecule has 2 rings (SSSR count). The summed E-state index contributed by atoms with van der Waals surface area (Å²) in [4.78, 5) is 0. The summed E-state index contributed by atoms with van der Waals surface area (Å²) in [6.45, 7) is 2.02. The highest BCUT2D eigenvalue weighted by Crippen LogP contribution is 2.46. The molecule has 10 heteroatoms. The fourth-order valence-corrected chi connectivity index (χ4v) is 4.51. The summed E-state index contributed by atoms with van der Waals surface area (Å²) >= 11 is 0. The van der Waals surface area contributed by atoms with E-state index in [1.165, 1.54) is 0 Å². The third kappa shape index (κ3) is 5.88. The average Bonchev–Trinajstić information content (AvgIpc) is 2.50. The van der Waals surface area contributed by atoms with Gasteiger partial charge in [-0.1, -0.05) is 28.0 Å². The van der Waals surface area contributed by atoms with Crippen molar-refractivity contribution in [1.82, 2.24) is 0 Å². The predicted molar refractivity (Wildman–Crippen MR) is 89.9 cm³/mol. The van der Waals surface area contributed by atoms with Gasteiger partial charge in [0, 0.05) is 5.30 Å². The van der Waals surface area contributed by atoms with E-state index < -0.39 is 40.5 Å². The fourth-order valence-electron chi connectivity index (χ4n) is 3.24. The Kier molecular flexibility index (Phi) is 6.79. The first-order valence-electron chi connectivity index (χ1n) is 8.65. The molecule has 1 aliphatic carbocycles. The average molecular weight is 436 g/mol. The minimum Gasteiger partial charge on any atom is -0.166 e. The van der Waals surface area contributed by atoms with E-state index in [1.54, 1.807) is 0 Å². The quantitative estimate of drug-likeness (QED) is 0.316. The van der Waals surface area contributed by atoms with Crippen molar-refractivity contribution in [2.75, 3.05) is 0 Å². The smallest absolute Gasteiger partial charge is 0.166 e. The first-order valence-corrected chi connectivity index (χ1v) is 9.55. The minimum atomic E-state index is -5.78. The highest BCUT2D eigenvalue weighted by molar-refractivity contribution is 7.49. The lowest BCUT2D eigenvalue weighted by molar-refractivity contribution is -0.174. The third-order valence-electron chi connectivity index (χ3n) is 4.64. The monoisotopic (exact) mass is 436 g/mol. The van der Waals surface area contributed by atoms with Crippen molar-refractivity contribution < 1.29 is 39.5 Å². The molecule has 1 fully saturated rings. The van der Waals surface area contributed by atoms with Gasteiger partial charge in [0.1, 0.15) is 0 Å². The molecule has 28 heavy (non-hydrogen) atoms. The molecule has 158 valence electrons. The summed E-state index contributed by atoms with van der Waals surface area (Å²) in [6.07, 6.45) is -12.4. The molecule has 1 aromatic rings. The van der Waals surface area contributed by atoms with E-state index in [0.717, 1.165) is 31.0 Å². The van der Waals surface area contributed by atoms with Crippen molar-refractivity contribution in [3.63, 3.8) is 0 Å². The molecule has 0 amide bonds. The summed E-state index contributed by atoms with van der Waals surface area (Å²) in [7, 11) is 0.117. The van der Waals surface area contributed by atoms with E-state index in [9.17, 15) is 39.5 Å². The fraction of sp³-hybridized carbons (Fsp3) is 0.611. The van der Waals surface area contributed by atoms with Gasteiger partial charge in [-0.05, 0) is 49.0 Å². The van der Waals surface area contributed by atoms with Crippen molar-refractivity contribution in [1.29, 1.82) is 0 Å². The second-order valence-electron chi connectivity index (χ2n) is 6.98. The Morgan fingerprint density at radius 3 is 1.75 bits per heavy atom. The lowest BCUT2D eigenvalue weighted by Crippen LogP contribution is -2.25. The molecular weight excluding hydrogens is 418 g/mol. The molecule has 1 aliphatic rings. The minimum absolute atomic E-state index is 0.117. The van der Waals surface area contributed by atoms with E-state index in [-0.39, 0.29) is 20.3 Å². The number of halogens is 9. The molecule has 0 heterocycles. The molecule has 1 atom stereocenters. The van der Waals surface area contributed by atoms with Crippen molar-refractivity contribution >= 4 is 18.8 Å². The van der Waals surface area contributed by atoms with Crippen LogP contribution in [0.1, 0.15) is 62.1 Å². The molecule has 0 aliphatic heterocycles. The Morgan fingerprint density at radius 1 is 0.750 bits per heavy atom. The Labute approximate surface area is 157 Å². The van der Waals surface area contributed by atoms with Crippen molar-refractivity contribution in [2.24, 2.45) is 5.92 Å². The van der Waals surface area contributed by atoms with Crippen LogP contribution in [0.5, 0.6) is 0 Å². The molecule has 0 saturated heterocycles. The van der Waals surface area contributed by atoms with Crippen LogP contribution in [0.3, 0.4) is 0 Å². The SMILES string of the molecule is CC1CCCCC(=Pc2cc(C(F)(F)F)c(C(F)(F)F)c(C(F)(F)F)c2)CC1. The maximum Gasteiger partial charge on any atom is 0.417 e. The van der Waals surface area contributed by atoms with Gasteiger partial charge in [-0.15, -0.1) is 0 Å². The van der Waals surface area contributed by atoms with Crippen LogP contribution in [-0.2, 0) is 18.5 Å². The van der Waals surface area contributed by atoms with Crippen LogP contribution in [0.15, 0.2) is 12.1 Å². The van der Waals surface area contributed by atoms with Crippen LogP contribution in [-0.4, -0.2) is 5.29 Å². The molecule has 0 N–H and O–H groups in total. The number of alkyl halides is 9. The lowest BCUT2D eigenvalue weighted by Gasteiger charge is -2.22. The van der Waals surface area contributed by atoms with Crippen LogP contribution in [0.4, 0.5) is 39.5 Å². The van der Waals surface area contributed by atoms with Crippen LogP contribution in [0, 0.1) is 5.92 Å². The second kappa shape index (κ2) is 8.25. The molecule has 0 bridgehead atoms. The van der Waals surface area contributed by atoms with Crippen molar-refractivity contribution in [2.45, 2.75) is 64.0 Å². The Bertz CT molecular complexity index is 691. The zero-order valence-electron chi connectivity index (χ0n) is 14.8. The Hall–Kier alpha value is -1.24. The van der Waals surface area contributed by atoms with Gasteiger partial charge in [-0.25, -0.2) is 0 Å². The van der Waals surface area contributed by atoms with Gasteiger partial charge in [-0.3, -0.25) is 0 Å². The van der Waals surface area contributed by atoms with E-state index in [1.807, 2.05) is 6.92 Å². The number of hydrogen-bond donors (Lipinski definition) is 0. The van der Waals surface area contributed by atoms with Gasteiger partial charge < -0.3 is 0 Å². The number of benzene rings is 1. The molecule has 0 aromatic heterocycles. The number of rotatable bonds is 1. The zero-order valence-corrected chi connectivity index (χ0v) is 15.7. The molecule has 1 aromatic carbocycles. The maximum atomic E-state index is 13.2. The van der Waals surface area contributed by atoms with Crippen LogP contribution in [0.2, 0.25) is 0 Å². The van der Waals surface area contributed by atoms with Gasteiger partial charge in [-0.2, -0.15) is 39.5 Å². The first kappa shape index (κ1) is 23.0. The first-order chi connectivity index (χ1) is 12.7. The lowest BCUT2D eigenvalue weighted by atomic mass is 9.93. The normalized spacial score (nSPS) is 21.5. The van der Waals surface area contributed by atoms with E-state index in [4.69, 9.17) is 0 Å². The molecule has 0 nitrogen and oxygen atoms in total.